The molecule has 38 heavy (non-hydrogen) atoms. The molecule has 224 valence electrons. The molecule has 0 radical (unpaired) electrons. The van der Waals surface area contributed by atoms with Crippen LogP contribution in [0.4, 0.5) is 0 Å². The summed E-state index contributed by atoms with van der Waals surface area (Å²) in [6.45, 7) is 36.4. The van der Waals surface area contributed by atoms with E-state index in [0.717, 1.165) is 24.2 Å². The zero-order chi connectivity index (χ0) is 29.6. The van der Waals surface area contributed by atoms with Crippen LogP contribution in [0.2, 0.25) is 82.8 Å². The summed E-state index contributed by atoms with van der Waals surface area (Å²) in [5.74, 6) is 0. The number of allylic oxidation sites excluding steroid dienone is 7. The van der Waals surface area contributed by atoms with Gasteiger partial charge in [-0.25, -0.2) is 0 Å². The van der Waals surface area contributed by atoms with Gasteiger partial charge in [0.2, 0.25) is 0 Å². The molecular formula is C30H60O3PtSi4. The molecule has 0 aliphatic heterocycles. The van der Waals surface area contributed by atoms with E-state index in [9.17, 15) is 0 Å². The van der Waals surface area contributed by atoms with Crippen molar-refractivity contribution in [2.24, 2.45) is 0 Å². The van der Waals surface area contributed by atoms with Crippen molar-refractivity contribution >= 4 is 33.0 Å². The third-order valence-corrected chi connectivity index (χ3v) is 36.7. The third kappa shape index (κ3) is 7.31. The first-order chi connectivity index (χ1) is 17.4. The first-order valence-electron chi connectivity index (χ1n) is 14.0. The van der Waals surface area contributed by atoms with Crippen LogP contribution < -0.4 is 0 Å². The van der Waals surface area contributed by atoms with Crippen molar-refractivity contribution in [1.29, 1.82) is 0 Å². The maximum atomic E-state index is 6.48. The van der Waals surface area contributed by atoms with E-state index in [1.54, 1.807) is 5.20 Å². The predicted molar refractivity (Wildman–Crippen MR) is 178 cm³/mol. The van der Waals surface area contributed by atoms with Crippen LogP contribution in [0.5, 0.6) is 0 Å². The second-order valence-electron chi connectivity index (χ2n) is 12.8. The van der Waals surface area contributed by atoms with Gasteiger partial charge in [0.25, 0.3) is 0 Å². The first kappa shape index (κ1) is 36.2. The Labute approximate surface area is 244 Å². The standard InChI is InChI=1S/C27H51O3Si4.3CH3.Pt/c1-13-19-31(7,8)25-22-24(23-34(28-16-4,29-17-5)30-18-6)26(32(9,10)20-14-2)27(25)33(11,12)21-15-3;;;;/h13-15,22H,1-3,16-21,23H2,4-12H3;3*1H3;. The van der Waals surface area contributed by atoms with Crippen LogP contribution in [-0.2, 0) is 29.3 Å². The Morgan fingerprint density at radius 3 is 1.53 bits per heavy atom. The van der Waals surface area contributed by atoms with E-state index in [1.165, 1.54) is 5.57 Å². The van der Waals surface area contributed by atoms with Crippen LogP contribution in [0.25, 0.3) is 0 Å². The zero-order valence-electron chi connectivity index (χ0n) is 26.9. The Bertz CT molecular complexity index is 898. The number of rotatable bonds is 18. The molecule has 0 heterocycles. The van der Waals surface area contributed by atoms with E-state index < -0.39 is 49.1 Å². The van der Waals surface area contributed by atoms with Gasteiger partial charge in [-0.15, -0.1) is 0 Å². The topological polar surface area (TPSA) is 27.7 Å². The monoisotopic (exact) mass is 775 g/mol. The molecule has 0 fully saturated rings. The van der Waals surface area contributed by atoms with Crippen LogP contribution in [0.15, 0.2) is 60.0 Å². The Morgan fingerprint density at radius 2 is 1.16 bits per heavy atom. The predicted octanol–water partition coefficient (Wildman–Crippen LogP) is 10.0. The fraction of sp³-hybridized carbons (Fsp3) is 0.667. The quantitative estimate of drug-likeness (QED) is 0.103. The van der Waals surface area contributed by atoms with E-state index in [-0.39, 0.29) is 3.43 Å². The van der Waals surface area contributed by atoms with E-state index in [4.69, 9.17) is 13.3 Å². The molecule has 0 saturated heterocycles. The molecule has 1 atom stereocenters. The first-order valence-corrected chi connectivity index (χ1v) is 33.5. The van der Waals surface area contributed by atoms with E-state index in [0.29, 0.717) is 19.8 Å². The average Bonchev–Trinajstić information content (AvgIpc) is 3.13. The van der Waals surface area contributed by atoms with Crippen LogP contribution in [0.1, 0.15) is 20.8 Å². The van der Waals surface area contributed by atoms with Crippen molar-refractivity contribution < 1.29 is 29.3 Å². The molecule has 8 heteroatoms. The molecule has 0 spiro atoms. The summed E-state index contributed by atoms with van der Waals surface area (Å²) in [5, 5.41) is 11.5. The van der Waals surface area contributed by atoms with Crippen molar-refractivity contribution in [3.8, 4) is 0 Å². The molecule has 1 aliphatic rings. The molecule has 1 unspecified atom stereocenters. The van der Waals surface area contributed by atoms with E-state index >= 15 is 0 Å². The van der Waals surface area contributed by atoms with Crippen molar-refractivity contribution in [3.63, 3.8) is 0 Å². The Hall–Kier alpha value is 0.136. The average molecular weight is 776 g/mol. The van der Waals surface area contributed by atoms with Gasteiger partial charge < -0.3 is 0 Å². The fourth-order valence-electron chi connectivity index (χ4n) is 6.58. The number of hydrogen-bond acceptors (Lipinski definition) is 3. The number of hydrogen-bond donors (Lipinski definition) is 0. The van der Waals surface area contributed by atoms with E-state index in [1.807, 2.05) is 5.20 Å². The van der Waals surface area contributed by atoms with Crippen LogP contribution in [0, 0.1) is 0 Å². The molecule has 0 saturated carbocycles. The second-order valence-corrected chi connectivity index (χ2v) is 42.8. The van der Waals surface area contributed by atoms with Gasteiger partial charge in [-0.1, -0.05) is 0 Å². The van der Waals surface area contributed by atoms with Crippen molar-refractivity contribution in [2.45, 2.75) is 104 Å². The van der Waals surface area contributed by atoms with Crippen molar-refractivity contribution in [3.05, 3.63) is 60.0 Å². The zero-order valence-corrected chi connectivity index (χ0v) is 33.2. The van der Waals surface area contributed by atoms with Gasteiger partial charge in [0, 0.05) is 0 Å². The second kappa shape index (κ2) is 13.9. The molecule has 0 aromatic heterocycles. The Morgan fingerprint density at radius 1 is 0.737 bits per heavy atom. The van der Waals surface area contributed by atoms with Gasteiger partial charge >= 0.3 is 246 Å². The Kier molecular flexibility index (Phi) is 13.2. The Balaban J connectivity index is 4.40. The van der Waals surface area contributed by atoms with E-state index in [2.05, 4.69) is 120 Å². The molecule has 0 bridgehead atoms. The fourth-order valence-corrected chi connectivity index (χ4v) is 45.2. The summed E-state index contributed by atoms with van der Waals surface area (Å²) in [5.41, 5.74) is 1.49. The molecule has 1 rings (SSSR count). The summed E-state index contributed by atoms with van der Waals surface area (Å²) >= 11 is -2.35. The van der Waals surface area contributed by atoms with Crippen molar-refractivity contribution in [2.75, 3.05) is 19.8 Å². The molecule has 0 amide bonds. The summed E-state index contributed by atoms with van der Waals surface area (Å²) in [7, 11) is -8.54. The minimum atomic E-state index is -2.91. The molecule has 0 aromatic carbocycles. The molecule has 0 aromatic rings. The third-order valence-electron chi connectivity index (χ3n) is 7.79. The van der Waals surface area contributed by atoms with Crippen LogP contribution in [0.3, 0.4) is 0 Å². The minimum absolute atomic E-state index is 0.174. The summed E-state index contributed by atoms with van der Waals surface area (Å²) < 4.78 is 19.6. The summed E-state index contributed by atoms with van der Waals surface area (Å²) in [6.07, 6.45) is 9.38. The normalized spacial score (nSPS) is 19.9. The van der Waals surface area contributed by atoms with Gasteiger partial charge in [-0.2, -0.15) is 0 Å². The van der Waals surface area contributed by atoms with Crippen LogP contribution in [-0.4, -0.2) is 52.8 Å². The molecule has 1 aliphatic carbocycles. The summed E-state index contributed by atoms with van der Waals surface area (Å²) in [6, 6.07) is 4.07. The van der Waals surface area contributed by atoms with Gasteiger partial charge in [0.05, 0.1) is 0 Å². The molecule has 3 nitrogen and oxygen atoms in total. The van der Waals surface area contributed by atoms with Gasteiger partial charge in [0.15, 0.2) is 0 Å². The maximum absolute atomic E-state index is 6.48. The van der Waals surface area contributed by atoms with Gasteiger partial charge in [-0.3, -0.25) is 0 Å². The van der Waals surface area contributed by atoms with Gasteiger partial charge in [0.1, 0.15) is 0 Å². The molecular weight excluding hydrogens is 716 g/mol. The van der Waals surface area contributed by atoms with Crippen LogP contribution >= 0.6 is 0 Å². The molecule has 0 N–H and O–H groups in total. The van der Waals surface area contributed by atoms with Gasteiger partial charge in [-0.05, 0) is 0 Å². The summed E-state index contributed by atoms with van der Waals surface area (Å²) in [4.78, 5) is 0. The SMILES string of the molecule is C=CC[Si](C)(C)C1=C([Si](C)(C)CC=C)[C]([Si](C)(C)CC=C)([Pt]([CH3])([CH3])[CH3])C=C1C[Si](OCC)(OCC)OCC. The van der Waals surface area contributed by atoms with Crippen molar-refractivity contribution in [1.82, 2.24) is 0 Å².